The Morgan fingerprint density at radius 2 is 2.00 bits per heavy atom. The zero-order chi connectivity index (χ0) is 14.6. The SMILES string of the molecule is CC1(CNC(=O)N(CCC(=O)O)C2CC2)CCOCC1. The Kier molecular flexibility index (Phi) is 4.86. The van der Waals surface area contributed by atoms with Crippen molar-refractivity contribution >= 4 is 12.0 Å². The molecule has 0 atom stereocenters. The number of carbonyl (C=O) groups is 2. The molecule has 0 spiro atoms. The number of ether oxygens (including phenoxy) is 1. The zero-order valence-electron chi connectivity index (χ0n) is 12.1. The summed E-state index contributed by atoms with van der Waals surface area (Å²) >= 11 is 0. The van der Waals surface area contributed by atoms with Gasteiger partial charge in [-0.1, -0.05) is 6.92 Å². The molecule has 2 aliphatic rings. The Balaban J connectivity index is 1.80. The van der Waals surface area contributed by atoms with Crippen LogP contribution < -0.4 is 5.32 Å². The Hall–Kier alpha value is -1.30. The molecule has 0 aromatic rings. The third-order valence-electron chi connectivity index (χ3n) is 4.18. The summed E-state index contributed by atoms with van der Waals surface area (Å²) in [6.07, 6.45) is 3.88. The molecule has 6 heteroatoms. The molecule has 1 heterocycles. The molecule has 0 aromatic carbocycles. The van der Waals surface area contributed by atoms with Crippen molar-refractivity contribution in [1.82, 2.24) is 10.2 Å². The molecule has 2 fully saturated rings. The number of carboxylic acid groups (broad SMARTS) is 1. The molecule has 1 saturated heterocycles. The summed E-state index contributed by atoms with van der Waals surface area (Å²) in [5.74, 6) is -0.861. The van der Waals surface area contributed by atoms with Gasteiger partial charge in [0.05, 0.1) is 6.42 Å². The molecule has 0 radical (unpaired) electrons. The van der Waals surface area contributed by atoms with Crippen LogP contribution in [0.2, 0.25) is 0 Å². The average Bonchev–Trinajstić information content (AvgIpc) is 3.22. The van der Waals surface area contributed by atoms with Crippen molar-refractivity contribution in [2.45, 2.75) is 45.1 Å². The predicted octanol–water partition coefficient (Wildman–Crippen LogP) is 1.45. The maximum Gasteiger partial charge on any atom is 0.317 e. The largest absolute Gasteiger partial charge is 0.481 e. The van der Waals surface area contributed by atoms with Gasteiger partial charge in [0.25, 0.3) is 0 Å². The minimum absolute atomic E-state index is 0.00896. The molecule has 1 aliphatic carbocycles. The Morgan fingerprint density at radius 1 is 1.35 bits per heavy atom. The second-order valence-corrected chi connectivity index (χ2v) is 6.15. The summed E-state index contributed by atoms with van der Waals surface area (Å²) < 4.78 is 5.34. The van der Waals surface area contributed by atoms with E-state index in [9.17, 15) is 9.59 Å². The predicted molar refractivity (Wildman–Crippen MR) is 73.5 cm³/mol. The van der Waals surface area contributed by atoms with Gasteiger partial charge in [0.15, 0.2) is 0 Å². The normalized spacial score (nSPS) is 21.2. The summed E-state index contributed by atoms with van der Waals surface area (Å²) in [7, 11) is 0. The number of rotatable bonds is 6. The quantitative estimate of drug-likeness (QED) is 0.774. The van der Waals surface area contributed by atoms with E-state index in [1.165, 1.54) is 0 Å². The summed E-state index contributed by atoms with van der Waals surface area (Å²) in [5, 5.41) is 11.7. The van der Waals surface area contributed by atoms with E-state index in [0.29, 0.717) is 13.1 Å². The van der Waals surface area contributed by atoms with Crippen molar-refractivity contribution in [3.63, 3.8) is 0 Å². The van der Waals surface area contributed by atoms with Gasteiger partial charge >= 0.3 is 12.0 Å². The second-order valence-electron chi connectivity index (χ2n) is 6.15. The molecule has 20 heavy (non-hydrogen) atoms. The number of hydrogen-bond donors (Lipinski definition) is 2. The number of nitrogens with zero attached hydrogens (tertiary/aromatic N) is 1. The highest BCUT2D eigenvalue weighted by atomic mass is 16.5. The summed E-state index contributed by atoms with van der Waals surface area (Å²) in [4.78, 5) is 24.5. The van der Waals surface area contributed by atoms with Gasteiger partial charge in [-0.3, -0.25) is 4.79 Å². The van der Waals surface area contributed by atoms with E-state index in [0.717, 1.165) is 38.9 Å². The highest BCUT2D eigenvalue weighted by molar-refractivity contribution is 5.76. The number of aliphatic carboxylic acids is 1. The van der Waals surface area contributed by atoms with E-state index in [1.807, 2.05) is 0 Å². The molecule has 1 aliphatic heterocycles. The van der Waals surface area contributed by atoms with Crippen LogP contribution in [0.5, 0.6) is 0 Å². The van der Waals surface area contributed by atoms with Crippen LogP contribution in [0, 0.1) is 5.41 Å². The lowest BCUT2D eigenvalue weighted by molar-refractivity contribution is -0.137. The van der Waals surface area contributed by atoms with Gasteiger partial charge in [0.1, 0.15) is 0 Å². The third-order valence-corrected chi connectivity index (χ3v) is 4.18. The number of carbonyl (C=O) groups excluding carboxylic acids is 1. The fraction of sp³-hybridized carbons (Fsp3) is 0.857. The number of amides is 2. The standard InChI is InChI=1S/C14H24N2O4/c1-14(5-8-20-9-6-14)10-15-13(19)16(11-2-3-11)7-4-12(17)18/h11H,2-10H2,1H3,(H,15,19)(H,17,18). The van der Waals surface area contributed by atoms with Gasteiger partial charge in [-0.15, -0.1) is 0 Å². The van der Waals surface area contributed by atoms with E-state index >= 15 is 0 Å². The van der Waals surface area contributed by atoms with Gasteiger partial charge in [-0.05, 0) is 31.1 Å². The maximum atomic E-state index is 12.2. The fourth-order valence-electron chi connectivity index (χ4n) is 2.48. The first-order valence-electron chi connectivity index (χ1n) is 7.34. The Morgan fingerprint density at radius 3 is 2.55 bits per heavy atom. The number of carboxylic acids is 1. The molecule has 1 saturated carbocycles. The maximum absolute atomic E-state index is 12.2. The second kappa shape index (κ2) is 6.43. The zero-order valence-corrected chi connectivity index (χ0v) is 12.1. The number of urea groups is 1. The van der Waals surface area contributed by atoms with Gasteiger partial charge in [0, 0.05) is 32.3 Å². The summed E-state index contributed by atoms with van der Waals surface area (Å²) in [5.41, 5.74) is 0.0932. The minimum Gasteiger partial charge on any atom is -0.481 e. The molecule has 2 N–H and O–H groups in total. The van der Waals surface area contributed by atoms with Crippen LogP contribution in [0.15, 0.2) is 0 Å². The van der Waals surface area contributed by atoms with Crippen LogP contribution in [0.25, 0.3) is 0 Å². The summed E-state index contributed by atoms with van der Waals surface area (Å²) in [6, 6.07) is 0.110. The van der Waals surface area contributed by atoms with Crippen molar-refractivity contribution in [3.8, 4) is 0 Å². The molecular weight excluding hydrogens is 260 g/mol. The van der Waals surface area contributed by atoms with Crippen LogP contribution in [0.1, 0.15) is 39.0 Å². The van der Waals surface area contributed by atoms with Gasteiger partial charge < -0.3 is 20.1 Å². The molecule has 2 rings (SSSR count). The van der Waals surface area contributed by atoms with Gasteiger partial charge in [-0.2, -0.15) is 0 Å². The van der Waals surface area contributed by atoms with Crippen LogP contribution in [0.4, 0.5) is 4.79 Å². The van der Waals surface area contributed by atoms with E-state index < -0.39 is 5.97 Å². The van der Waals surface area contributed by atoms with E-state index in [-0.39, 0.29) is 23.9 Å². The van der Waals surface area contributed by atoms with Gasteiger partial charge in [0.2, 0.25) is 0 Å². The highest BCUT2D eigenvalue weighted by Crippen LogP contribution is 2.30. The van der Waals surface area contributed by atoms with Crippen molar-refractivity contribution in [2.24, 2.45) is 5.41 Å². The van der Waals surface area contributed by atoms with Crippen molar-refractivity contribution in [1.29, 1.82) is 0 Å². The smallest absolute Gasteiger partial charge is 0.317 e. The molecule has 114 valence electrons. The van der Waals surface area contributed by atoms with Crippen molar-refractivity contribution in [2.75, 3.05) is 26.3 Å². The van der Waals surface area contributed by atoms with E-state index in [2.05, 4.69) is 12.2 Å². The van der Waals surface area contributed by atoms with Gasteiger partial charge in [-0.25, -0.2) is 4.79 Å². The molecule has 0 bridgehead atoms. The first-order chi connectivity index (χ1) is 9.50. The molecular formula is C14H24N2O4. The first-order valence-corrected chi connectivity index (χ1v) is 7.34. The van der Waals surface area contributed by atoms with Crippen LogP contribution in [-0.2, 0) is 9.53 Å². The fourth-order valence-corrected chi connectivity index (χ4v) is 2.48. The topological polar surface area (TPSA) is 78.9 Å². The van der Waals surface area contributed by atoms with Crippen molar-refractivity contribution < 1.29 is 19.4 Å². The lowest BCUT2D eigenvalue weighted by atomic mass is 9.82. The average molecular weight is 284 g/mol. The third kappa shape index (κ3) is 4.37. The van der Waals surface area contributed by atoms with Crippen LogP contribution >= 0.6 is 0 Å². The summed E-state index contributed by atoms with van der Waals surface area (Å²) in [6.45, 7) is 4.58. The monoisotopic (exact) mass is 284 g/mol. The van der Waals surface area contributed by atoms with Crippen LogP contribution in [0.3, 0.4) is 0 Å². The number of nitrogens with one attached hydrogen (secondary N) is 1. The molecule has 0 aromatic heterocycles. The highest BCUT2D eigenvalue weighted by Gasteiger charge is 2.34. The lowest BCUT2D eigenvalue weighted by Crippen LogP contribution is -2.47. The number of hydrogen-bond acceptors (Lipinski definition) is 3. The minimum atomic E-state index is -0.861. The van der Waals surface area contributed by atoms with E-state index in [4.69, 9.17) is 9.84 Å². The van der Waals surface area contributed by atoms with Crippen LogP contribution in [-0.4, -0.2) is 54.4 Å². The Labute approximate surface area is 119 Å². The first kappa shape index (κ1) is 15.1. The lowest BCUT2D eigenvalue weighted by Gasteiger charge is -2.34. The molecule has 6 nitrogen and oxygen atoms in total. The Bertz CT molecular complexity index is 362. The molecule has 2 amide bonds. The van der Waals surface area contributed by atoms with E-state index in [1.54, 1.807) is 4.90 Å². The molecule has 0 unspecified atom stereocenters. The van der Waals surface area contributed by atoms with Crippen molar-refractivity contribution in [3.05, 3.63) is 0 Å².